The quantitative estimate of drug-likeness (QED) is 0.705. The Balaban J connectivity index is 1.67. The fourth-order valence-corrected chi connectivity index (χ4v) is 1.82. The molecular weight excluding hydrogens is 238 g/mol. The first-order valence-electron chi connectivity index (χ1n) is 6.07. The van der Waals surface area contributed by atoms with Gasteiger partial charge in [0.05, 0.1) is 0 Å². The molecule has 0 aliphatic carbocycles. The SMILES string of the molecule is c1ccc(COc2ccc(-c3cocn3)cc2)cc1. The molecule has 3 heteroatoms. The standard InChI is InChI=1S/C16H13NO2/c1-2-4-13(5-3-1)10-19-15-8-6-14(7-9-15)16-11-18-12-17-16/h1-9,11-12H,10H2. The average molecular weight is 251 g/mol. The summed E-state index contributed by atoms with van der Waals surface area (Å²) in [5.74, 6) is 0.844. The molecule has 0 fully saturated rings. The Morgan fingerprint density at radius 3 is 2.42 bits per heavy atom. The van der Waals surface area contributed by atoms with Crippen molar-refractivity contribution in [1.82, 2.24) is 4.98 Å². The lowest BCUT2D eigenvalue weighted by atomic mass is 10.2. The molecule has 0 aliphatic rings. The Morgan fingerprint density at radius 1 is 0.947 bits per heavy atom. The second-order valence-corrected chi connectivity index (χ2v) is 4.17. The van der Waals surface area contributed by atoms with E-state index >= 15 is 0 Å². The van der Waals surface area contributed by atoms with Gasteiger partial charge in [0.1, 0.15) is 24.3 Å². The molecule has 94 valence electrons. The van der Waals surface area contributed by atoms with E-state index in [0.29, 0.717) is 6.61 Å². The summed E-state index contributed by atoms with van der Waals surface area (Å²) in [5.41, 5.74) is 3.00. The van der Waals surface area contributed by atoms with Crippen LogP contribution in [0.2, 0.25) is 0 Å². The number of ether oxygens (including phenoxy) is 1. The number of hydrogen-bond donors (Lipinski definition) is 0. The summed E-state index contributed by atoms with van der Waals surface area (Å²) in [4.78, 5) is 4.10. The van der Waals surface area contributed by atoms with Crippen LogP contribution in [-0.2, 0) is 6.61 Å². The van der Waals surface area contributed by atoms with Gasteiger partial charge in [0.2, 0.25) is 0 Å². The highest BCUT2D eigenvalue weighted by Gasteiger charge is 2.01. The minimum Gasteiger partial charge on any atom is -0.489 e. The summed E-state index contributed by atoms with van der Waals surface area (Å²) in [7, 11) is 0. The van der Waals surface area contributed by atoms with Gasteiger partial charge in [0, 0.05) is 5.56 Å². The number of nitrogens with zero attached hydrogens (tertiary/aromatic N) is 1. The largest absolute Gasteiger partial charge is 0.489 e. The Bertz CT molecular complexity index is 616. The molecule has 0 amide bonds. The third kappa shape index (κ3) is 2.83. The summed E-state index contributed by atoms with van der Waals surface area (Å²) in [6.07, 6.45) is 3.05. The number of hydrogen-bond acceptors (Lipinski definition) is 3. The number of benzene rings is 2. The molecule has 0 saturated carbocycles. The third-order valence-electron chi connectivity index (χ3n) is 2.83. The smallest absolute Gasteiger partial charge is 0.181 e. The fraction of sp³-hybridized carbons (Fsp3) is 0.0625. The van der Waals surface area contributed by atoms with Gasteiger partial charge in [-0.1, -0.05) is 30.3 Å². The van der Waals surface area contributed by atoms with Crippen LogP contribution in [0.5, 0.6) is 5.75 Å². The molecule has 0 spiro atoms. The van der Waals surface area contributed by atoms with Crippen LogP contribution >= 0.6 is 0 Å². The molecule has 2 aromatic carbocycles. The lowest BCUT2D eigenvalue weighted by Gasteiger charge is -2.06. The number of aromatic nitrogens is 1. The van der Waals surface area contributed by atoms with E-state index in [2.05, 4.69) is 4.98 Å². The molecule has 0 saturated heterocycles. The summed E-state index contributed by atoms with van der Waals surface area (Å²) >= 11 is 0. The Hall–Kier alpha value is -2.55. The molecule has 0 atom stereocenters. The molecule has 0 N–H and O–H groups in total. The molecule has 3 nitrogen and oxygen atoms in total. The minimum atomic E-state index is 0.574. The van der Waals surface area contributed by atoms with Crippen molar-refractivity contribution in [3.63, 3.8) is 0 Å². The van der Waals surface area contributed by atoms with Crippen molar-refractivity contribution in [2.75, 3.05) is 0 Å². The fourth-order valence-electron chi connectivity index (χ4n) is 1.82. The first kappa shape index (κ1) is 11.5. The lowest BCUT2D eigenvalue weighted by Crippen LogP contribution is -1.94. The van der Waals surface area contributed by atoms with Crippen LogP contribution in [0.4, 0.5) is 0 Å². The van der Waals surface area contributed by atoms with Crippen molar-refractivity contribution in [2.24, 2.45) is 0 Å². The van der Waals surface area contributed by atoms with E-state index in [9.17, 15) is 0 Å². The van der Waals surface area contributed by atoms with Crippen molar-refractivity contribution < 1.29 is 9.15 Å². The second-order valence-electron chi connectivity index (χ2n) is 4.17. The number of rotatable bonds is 4. The summed E-state index contributed by atoms with van der Waals surface area (Å²) < 4.78 is 10.7. The van der Waals surface area contributed by atoms with E-state index in [4.69, 9.17) is 9.15 Å². The van der Waals surface area contributed by atoms with Crippen LogP contribution < -0.4 is 4.74 Å². The van der Waals surface area contributed by atoms with Gasteiger partial charge >= 0.3 is 0 Å². The summed E-state index contributed by atoms with van der Waals surface area (Å²) in [6, 6.07) is 17.9. The molecule has 3 aromatic rings. The predicted octanol–water partition coefficient (Wildman–Crippen LogP) is 3.92. The van der Waals surface area contributed by atoms with E-state index < -0.39 is 0 Å². The van der Waals surface area contributed by atoms with E-state index in [1.54, 1.807) is 6.26 Å². The highest BCUT2D eigenvalue weighted by Crippen LogP contribution is 2.21. The van der Waals surface area contributed by atoms with Gasteiger partial charge in [-0.2, -0.15) is 0 Å². The zero-order valence-electron chi connectivity index (χ0n) is 10.3. The van der Waals surface area contributed by atoms with Gasteiger partial charge in [0.15, 0.2) is 6.39 Å². The minimum absolute atomic E-state index is 0.574. The summed E-state index contributed by atoms with van der Waals surface area (Å²) in [6.45, 7) is 0.574. The molecule has 1 heterocycles. The maximum atomic E-state index is 5.72. The van der Waals surface area contributed by atoms with Gasteiger partial charge in [-0.05, 0) is 29.8 Å². The zero-order valence-corrected chi connectivity index (χ0v) is 10.3. The normalized spacial score (nSPS) is 10.3. The van der Waals surface area contributed by atoms with Crippen LogP contribution in [0.25, 0.3) is 11.3 Å². The Kier molecular flexibility index (Phi) is 3.28. The van der Waals surface area contributed by atoms with E-state index in [1.165, 1.54) is 6.39 Å². The molecule has 1 aromatic heterocycles. The van der Waals surface area contributed by atoms with Crippen molar-refractivity contribution >= 4 is 0 Å². The van der Waals surface area contributed by atoms with Crippen LogP contribution in [0, 0.1) is 0 Å². The van der Waals surface area contributed by atoms with Gasteiger partial charge in [-0.25, -0.2) is 4.98 Å². The third-order valence-corrected chi connectivity index (χ3v) is 2.83. The average Bonchev–Trinajstić information content (AvgIpc) is 3.01. The number of oxazole rings is 1. The van der Waals surface area contributed by atoms with Crippen molar-refractivity contribution in [3.05, 3.63) is 72.8 Å². The molecule has 0 radical (unpaired) electrons. The maximum absolute atomic E-state index is 5.72. The van der Waals surface area contributed by atoms with E-state index in [-0.39, 0.29) is 0 Å². The molecule has 0 unspecified atom stereocenters. The highest BCUT2D eigenvalue weighted by molar-refractivity contribution is 5.58. The van der Waals surface area contributed by atoms with Crippen LogP contribution in [0.3, 0.4) is 0 Å². The second kappa shape index (κ2) is 5.40. The molecule has 0 bridgehead atoms. The first-order chi connectivity index (χ1) is 9.42. The van der Waals surface area contributed by atoms with E-state index in [1.807, 2.05) is 54.6 Å². The van der Waals surface area contributed by atoms with Gasteiger partial charge < -0.3 is 9.15 Å². The van der Waals surface area contributed by atoms with Gasteiger partial charge in [-0.3, -0.25) is 0 Å². The molecule has 3 rings (SSSR count). The summed E-state index contributed by atoms with van der Waals surface area (Å²) in [5, 5.41) is 0. The maximum Gasteiger partial charge on any atom is 0.181 e. The first-order valence-corrected chi connectivity index (χ1v) is 6.07. The van der Waals surface area contributed by atoms with Crippen LogP contribution in [-0.4, -0.2) is 4.98 Å². The lowest BCUT2D eigenvalue weighted by molar-refractivity contribution is 0.306. The highest BCUT2D eigenvalue weighted by atomic mass is 16.5. The van der Waals surface area contributed by atoms with Crippen molar-refractivity contribution in [3.8, 4) is 17.0 Å². The van der Waals surface area contributed by atoms with Crippen molar-refractivity contribution in [2.45, 2.75) is 6.61 Å². The Morgan fingerprint density at radius 2 is 1.74 bits per heavy atom. The van der Waals surface area contributed by atoms with Crippen LogP contribution in [0.15, 0.2) is 71.7 Å². The monoisotopic (exact) mass is 251 g/mol. The van der Waals surface area contributed by atoms with E-state index in [0.717, 1.165) is 22.6 Å². The van der Waals surface area contributed by atoms with Gasteiger partial charge in [-0.15, -0.1) is 0 Å². The zero-order chi connectivity index (χ0) is 12.9. The molecular formula is C16H13NO2. The van der Waals surface area contributed by atoms with Crippen molar-refractivity contribution in [1.29, 1.82) is 0 Å². The predicted molar refractivity (Wildman–Crippen MR) is 72.7 cm³/mol. The van der Waals surface area contributed by atoms with Gasteiger partial charge in [0.25, 0.3) is 0 Å². The molecule has 0 aliphatic heterocycles. The topological polar surface area (TPSA) is 35.3 Å². The van der Waals surface area contributed by atoms with Crippen LogP contribution in [0.1, 0.15) is 5.56 Å². The molecule has 19 heavy (non-hydrogen) atoms. The Labute approximate surface area is 111 Å².